The number of likely N-dealkylation sites (tertiary alicyclic amines) is 1. The monoisotopic (exact) mass is 334 g/mol. The van der Waals surface area contributed by atoms with Crippen LogP contribution in [0.4, 0.5) is 0 Å². The number of hydrogen-bond donors (Lipinski definition) is 0. The summed E-state index contributed by atoms with van der Waals surface area (Å²) in [7, 11) is 1.63. The van der Waals surface area contributed by atoms with Crippen molar-refractivity contribution in [3.63, 3.8) is 0 Å². The highest BCUT2D eigenvalue weighted by Gasteiger charge is 2.32. The Morgan fingerprint density at radius 2 is 2.08 bits per heavy atom. The van der Waals surface area contributed by atoms with E-state index in [9.17, 15) is 4.79 Å². The first-order valence-corrected chi connectivity index (χ1v) is 8.82. The summed E-state index contributed by atoms with van der Waals surface area (Å²) in [4.78, 5) is 16.8. The summed E-state index contributed by atoms with van der Waals surface area (Å²) in [6.07, 6.45) is 1.02. The highest BCUT2D eigenvalue weighted by molar-refractivity contribution is 5.77. The van der Waals surface area contributed by atoms with Gasteiger partial charge in [-0.15, -0.1) is 0 Å². The number of ether oxygens (including phenoxy) is 2. The van der Waals surface area contributed by atoms with Gasteiger partial charge in [-0.3, -0.25) is 9.69 Å². The molecule has 24 heavy (non-hydrogen) atoms. The number of methoxy groups -OCH3 is 1. The van der Waals surface area contributed by atoms with Crippen LogP contribution in [0.1, 0.15) is 31.9 Å². The Bertz CT molecular complexity index is 495. The van der Waals surface area contributed by atoms with Crippen molar-refractivity contribution >= 4 is 5.91 Å². The fourth-order valence-corrected chi connectivity index (χ4v) is 3.34. The van der Waals surface area contributed by atoms with Gasteiger partial charge in [-0.1, -0.05) is 30.3 Å². The molecule has 0 N–H and O–H groups in total. The third-order valence-electron chi connectivity index (χ3n) is 4.78. The molecule has 1 aromatic carbocycles. The van der Waals surface area contributed by atoms with Crippen LogP contribution in [0, 0.1) is 0 Å². The van der Waals surface area contributed by atoms with Gasteiger partial charge in [0.15, 0.2) is 0 Å². The standard InChI is InChI=1S/C19H30N2O3/c1-4-21(19(22)15-24-13-12-23-3)18-10-11-20(14-18)16(2)17-8-6-5-7-9-17/h5-9,16,18H,4,10-15H2,1-3H3/t16-,18-/m1/s1. The van der Waals surface area contributed by atoms with Crippen molar-refractivity contribution in [2.24, 2.45) is 0 Å². The van der Waals surface area contributed by atoms with Gasteiger partial charge in [-0.05, 0) is 25.8 Å². The van der Waals surface area contributed by atoms with Crippen molar-refractivity contribution in [2.45, 2.75) is 32.4 Å². The molecule has 0 radical (unpaired) electrons. The van der Waals surface area contributed by atoms with E-state index in [2.05, 4.69) is 36.1 Å². The second-order valence-corrected chi connectivity index (χ2v) is 6.25. The summed E-state index contributed by atoms with van der Waals surface area (Å²) in [6, 6.07) is 11.2. The van der Waals surface area contributed by atoms with Crippen LogP contribution in [0.15, 0.2) is 30.3 Å². The molecular weight excluding hydrogens is 304 g/mol. The zero-order valence-corrected chi connectivity index (χ0v) is 15.1. The Labute approximate surface area is 145 Å². The van der Waals surface area contributed by atoms with Gasteiger partial charge in [0.1, 0.15) is 6.61 Å². The molecule has 134 valence electrons. The maximum atomic E-state index is 12.4. The van der Waals surface area contributed by atoms with E-state index in [4.69, 9.17) is 9.47 Å². The SMILES string of the molecule is CCN(C(=O)COCCOC)[C@@H]1CCN([C@H](C)c2ccccc2)C1. The summed E-state index contributed by atoms with van der Waals surface area (Å²) in [5, 5.41) is 0. The fourth-order valence-electron chi connectivity index (χ4n) is 3.34. The predicted octanol–water partition coefficient (Wildman–Crippen LogP) is 2.33. The molecule has 1 aliphatic heterocycles. The van der Waals surface area contributed by atoms with Crippen LogP contribution in [0.3, 0.4) is 0 Å². The second kappa shape index (κ2) is 9.77. The Morgan fingerprint density at radius 1 is 1.33 bits per heavy atom. The second-order valence-electron chi connectivity index (χ2n) is 6.25. The third-order valence-corrected chi connectivity index (χ3v) is 4.78. The Kier molecular flexibility index (Phi) is 7.69. The highest BCUT2D eigenvalue weighted by Crippen LogP contribution is 2.26. The molecule has 0 spiro atoms. The molecule has 1 amide bonds. The van der Waals surface area contributed by atoms with Crippen LogP contribution in [0.5, 0.6) is 0 Å². The summed E-state index contributed by atoms with van der Waals surface area (Å²) < 4.78 is 10.3. The van der Waals surface area contributed by atoms with Gasteiger partial charge < -0.3 is 14.4 Å². The molecule has 5 heteroatoms. The molecule has 1 saturated heterocycles. The molecule has 2 rings (SSSR count). The van der Waals surface area contributed by atoms with E-state index in [0.717, 1.165) is 26.1 Å². The smallest absolute Gasteiger partial charge is 0.248 e. The minimum atomic E-state index is 0.0767. The van der Waals surface area contributed by atoms with E-state index in [-0.39, 0.29) is 18.6 Å². The lowest BCUT2D eigenvalue weighted by Crippen LogP contribution is -2.44. The van der Waals surface area contributed by atoms with Crippen LogP contribution in [-0.2, 0) is 14.3 Å². The normalized spacial score (nSPS) is 19.4. The predicted molar refractivity (Wildman–Crippen MR) is 94.9 cm³/mol. The number of benzene rings is 1. The zero-order chi connectivity index (χ0) is 17.4. The van der Waals surface area contributed by atoms with Crippen LogP contribution < -0.4 is 0 Å². The first kappa shape index (κ1) is 18.9. The van der Waals surface area contributed by atoms with Crippen LogP contribution in [0.25, 0.3) is 0 Å². The fraction of sp³-hybridized carbons (Fsp3) is 0.632. The largest absolute Gasteiger partial charge is 0.382 e. The Morgan fingerprint density at radius 3 is 2.75 bits per heavy atom. The van der Waals surface area contributed by atoms with Crippen molar-refractivity contribution in [3.8, 4) is 0 Å². The van der Waals surface area contributed by atoms with Crippen LogP contribution in [0.2, 0.25) is 0 Å². The zero-order valence-electron chi connectivity index (χ0n) is 15.1. The summed E-state index contributed by atoms with van der Waals surface area (Å²) in [6.45, 7) is 8.07. The molecule has 0 saturated carbocycles. The molecule has 1 aromatic rings. The lowest BCUT2D eigenvalue weighted by atomic mass is 10.1. The Hall–Kier alpha value is -1.43. The van der Waals surface area contributed by atoms with Crippen molar-refractivity contribution in [1.29, 1.82) is 0 Å². The summed E-state index contributed by atoms with van der Waals surface area (Å²) >= 11 is 0. The third kappa shape index (κ3) is 5.03. The molecule has 1 fully saturated rings. The van der Waals surface area contributed by atoms with Crippen molar-refractivity contribution in [2.75, 3.05) is 46.6 Å². The van der Waals surface area contributed by atoms with E-state index in [0.29, 0.717) is 19.3 Å². The number of amides is 1. The molecule has 2 atom stereocenters. The molecule has 5 nitrogen and oxygen atoms in total. The van der Waals surface area contributed by atoms with Gasteiger partial charge in [0.2, 0.25) is 5.91 Å². The van der Waals surface area contributed by atoms with Gasteiger partial charge in [-0.2, -0.15) is 0 Å². The van der Waals surface area contributed by atoms with Crippen molar-refractivity contribution in [3.05, 3.63) is 35.9 Å². The number of nitrogens with zero attached hydrogens (tertiary/aromatic N) is 2. The molecule has 0 bridgehead atoms. The van der Waals surface area contributed by atoms with Gasteiger partial charge in [-0.25, -0.2) is 0 Å². The average Bonchev–Trinajstić information content (AvgIpc) is 3.09. The number of likely N-dealkylation sites (N-methyl/N-ethyl adjacent to an activating group) is 1. The van der Waals surface area contributed by atoms with Crippen LogP contribution in [-0.4, -0.2) is 68.3 Å². The average molecular weight is 334 g/mol. The Balaban J connectivity index is 1.86. The minimum Gasteiger partial charge on any atom is -0.382 e. The highest BCUT2D eigenvalue weighted by atomic mass is 16.5. The number of carbonyl (C=O) groups excluding carboxylic acids is 1. The van der Waals surface area contributed by atoms with Crippen LogP contribution >= 0.6 is 0 Å². The molecule has 0 aromatic heterocycles. The molecule has 1 aliphatic rings. The number of hydrogen-bond acceptors (Lipinski definition) is 4. The van der Waals surface area contributed by atoms with Gasteiger partial charge in [0.05, 0.1) is 13.2 Å². The molecular formula is C19H30N2O3. The topological polar surface area (TPSA) is 42.0 Å². The minimum absolute atomic E-state index is 0.0767. The quantitative estimate of drug-likeness (QED) is 0.650. The van der Waals surface area contributed by atoms with E-state index >= 15 is 0 Å². The molecule has 1 heterocycles. The van der Waals surface area contributed by atoms with Gasteiger partial charge in [0.25, 0.3) is 0 Å². The first-order chi connectivity index (χ1) is 11.7. The van der Waals surface area contributed by atoms with E-state index in [1.165, 1.54) is 5.56 Å². The number of rotatable bonds is 9. The van der Waals surface area contributed by atoms with Crippen molar-refractivity contribution < 1.29 is 14.3 Å². The molecule has 0 aliphatic carbocycles. The van der Waals surface area contributed by atoms with E-state index in [1.54, 1.807) is 7.11 Å². The summed E-state index contributed by atoms with van der Waals surface area (Å²) in [5.74, 6) is 0.0767. The lowest BCUT2D eigenvalue weighted by Gasteiger charge is -2.29. The van der Waals surface area contributed by atoms with Gasteiger partial charge >= 0.3 is 0 Å². The molecule has 0 unspecified atom stereocenters. The lowest BCUT2D eigenvalue weighted by molar-refractivity contribution is -0.138. The first-order valence-electron chi connectivity index (χ1n) is 8.82. The van der Waals surface area contributed by atoms with Crippen molar-refractivity contribution in [1.82, 2.24) is 9.80 Å². The maximum absolute atomic E-state index is 12.4. The maximum Gasteiger partial charge on any atom is 0.248 e. The summed E-state index contributed by atoms with van der Waals surface area (Å²) in [5.41, 5.74) is 1.33. The van der Waals surface area contributed by atoms with E-state index < -0.39 is 0 Å². The van der Waals surface area contributed by atoms with E-state index in [1.807, 2.05) is 17.9 Å². The number of carbonyl (C=O) groups is 1. The van der Waals surface area contributed by atoms with Gasteiger partial charge in [0, 0.05) is 38.8 Å².